The number of benzene rings is 1. The van der Waals surface area contributed by atoms with Crippen molar-refractivity contribution in [2.75, 3.05) is 12.3 Å². The van der Waals surface area contributed by atoms with Crippen molar-refractivity contribution in [2.45, 2.75) is 31.1 Å². The molecular weight excluding hydrogens is 208 g/mol. The molecule has 0 spiro atoms. The first kappa shape index (κ1) is 12.2. The fraction of sp³-hybridized carbons (Fsp3) is 0.455. The highest BCUT2D eigenvalue weighted by Gasteiger charge is 2.02. The lowest BCUT2D eigenvalue weighted by molar-refractivity contribution is 0.657. The maximum atomic E-state index is 11.7. The van der Waals surface area contributed by atoms with E-state index >= 15 is 0 Å². The van der Waals surface area contributed by atoms with Gasteiger partial charge in [0.2, 0.25) is 0 Å². The van der Waals surface area contributed by atoms with Crippen molar-refractivity contribution in [1.82, 2.24) is 4.72 Å². The average molecular weight is 226 g/mol. The highest BCUT2D eigenvalue weighted by molar-refractivity contribution is 7.83. The molecule has 0 bridgehead atoms. The molecule has 4 heteroatoms. The quantitative estimate of drug-likeness (QED) is 0.576. The summed E-state index contributed by atoms with van der Waals surface area (Å²) in [5, 5.41) is 0. The third kappa shape index (κ3) is 4.44. The minimum absolute atomic E-state index is 0.649. The highest BCUT2D eigenvalue weighted by Crippen LogP contribution is 2.09. The Balaban J connectivity index is 2.40. The van der Waals surface area contributed by atoms with Gasteiger partial charge in [-0.05, 0) is 24.6 Å². The monoisotopic (exact) mass is 226 g/mol. The van der Waals surface area contributed by atoms with E-state index in [1.807, 2.05) is 12.1 Å². The molecule has 3 nitrogen and oxygen atoms in total. The number of nitrogens with two attached hydrogens (primary N) is 1. The van der Waals surface area contributed by atoms with Gasteiger partial charge in [-0.3, -0.25) is 0 Å². The van der Waals surface area contributed by atoms with Crippen LogP contribution in [-0.4, -0.2) is 10.8 Å². The Morgan fingerprint density at radius 2 is 2.20 bits per heavy atom. The SMILES string of the molecule is CCCCCNS(=O)c1cccc(N)c1. The summed E-state index contributed by atoms with van der Waals surface area (Å²) < 4.78 is 14.7. The maximum absolute atomic E-state index is 11.7. The number of unbranched alkanes of at least 4 members (excludes halogenated alkanes) is 2. The van der Waals surface area contributed by atoms with Gasteiger partial charge in [-0.2, -0.15) is 0 Å². The maximum Gasteiger partial charge on any atom is 0.124 e. The van der Waals surface area contributed by atoms with Crippen LogP contribution in [0.4, 0.5) is 5.69 Å². The normalized spacial score (nSPS) is 12.6. The van der Waals surface area contributed by atoms with Crippen molar-refractivity contribution < 1.29 is 4.21 Å². The molecule has 0 fully saturated rings. The third-order valence-corrected chi connectivity index (χ3v) is 3.23. The van der Waals surface area contributed by atoms with E-state index in [1.54, 1.807) is 12.1 Å². The van der Waals surface area contributed by atoms with E-state index in [-0.39, 0.29) is 0 Å². The van der Waals surface area contributed by atoms with E-state index < -0.39 is 11.0 Å². The van der Waals surface area contributed by atoms with Crippen molar-refractivity contribution in [3.63, 3.8) is 0 Å². The Kier molecular flexibility index (Phi) is 5.36. The highest BCUT2D eigenvalue weighted by atomic mass is 32.2. The number of rotatable bonds is 6. The van der Waals surface area contributed by atoms with Crippen LogP contribution in [0.3, 0.4) is 0 Å². The lowest BCUT2D eigenvalue weighted by Crippen LogP contribution is -2.18. The molecule has 0 heterocycles. The molecule has 84 valence electrons. The van der Waals surface area contributed by atoms with Crippen molar-refractivity contribution in [2.24, 2.45) is 0 Å². The molecule has 0 aromatic heterocycles. The summed E-state index contributed by atoms with van der Waals surface area (Å²) >= 11 is 0. The van der Waals surface area contributed by atoms with Crippen molar-refractivity contribution in [3.8, 4) is 0 Å². The van der Waals surface area contributed by atoms with Gasteiger partial charge >= 0.3 is 0 Å². The van der Waals surface area contributed by atoms with Crippen molar-refractivity contribution in [3.05, 3.63) is 24.3 Å². The lowest BCUT2D eigenvalue weighted by atomic mass is 10.3. The van der Waals surface area contributed by atoms with Gasteiger partial charge in [0.25, 0.3) is 0 Å². The van der Waals surface area contributed by atoms with Crippen LogP contribution in [0.15, 0.2) is 29.2 Å². The molecule has 3 N–H and O–H groups in total. The van der Waals surface area contributed by atoms with E-state index in [2.05, 4.69) is 11.6 Å². The second-order valence-corrected chi connectivity index (χ2v) is 4.74. The van der Waals surface area contributed by atoms with Gasteiger partial charge in [-0.15, -0.1) is 0 Å². The number of nitrogen functional groups attached to an aromatic ring is 1. The third-order valence-electron chi connectivity index (χ3n) is 2.09. The molecule has 0 amide bonds. The van der Waals surface area contributed by atoms with Crippen LogP contribution in [0.25, 0.3) is 0 Å². The van der Waals surface area contributed by atoms with Crippen LogP contribution in [-0.2, 0) is 11.0 Å². The van der Waals surface area contributed by atoms with Crippen LogP contribution >= 0.6 is 0 Å². The van der Waals surface area contributed by atoms with Crippen molar-refractivity contribution >= 4 is 16.7 Å². The molecule has 1 unspecified atom stereocenters. The fourth-order valence-corrected chi connectivity index (χ4v) is 2.19. The van der Waals surface area contributed by atoms with Crippen LogP contribution in [0.1, 0.15) is 26.2 Å². The molecule has 0 saturated heterocycles. The Morgan fingerprint density at radius 3 is 2.87 bits per heavy atom. The Hall–Kier alpha value is -0.870. The molecule has 0 radical (unpaired) electrons. The summed E-state index contributed by atoms with van der Waals surface area (Å²) in [6.07, 6.45) is 3.40. The van der Waals surface area contributed by atoms with E-state index in [1.165, 1.54) is 12.8 Å². The lowest BCUT2D eigenvalue weighted by Gasteiger charge is -2.04. The van der Waals surface area contributed by atoms with Gasteiger partial charge < -0.3 is 5.73 Å². The Morgan fingerprint density at radius 1 is 1.40 bits per heavy atom. The zero-order valence-corrected chi connectivity index (χ0v) is 9.85. The molecule has 0 aliphatic rings. The Labute approximate surface area is 93.7 Å². The molecule has 1 aromatic rings. The summed E-state index contributed by atoms with van der Waals surface area (Å²) in [7, 11) is -1.13. The summed E-state index contributed by atoms with van der Waals surface area (Å²) in [6.45, 7) is 2.93. The summed E-state index contributed by atoms with van der Waals surface area (Å²) in [5.74, 6) is 0. The van der Waals surface area contributed by atoms with E-state index in [9.17, 15) is 4.21 Å². The van der Waals surface area contributed by atoms with E-state index in [0.29, 0.717) is 5.69 Å². The first-order valence-corrected chi connectivity index (χ1v) is 6.40. The van der Waals surface area contributed by atoms with Gasteiger partial charge in [0, 0.05) is 12.2 Å². The largest absolute Gasteiger partial charge is 0.399 e. The van der Waals surface area contributed by atoms with Crippen LogP contribution in [0.2, 0.25) is 0 Å². The molecule has 0 aliphatic carbocycles. The van der Waals surface area contributed by atoms with Gasteiger partial charge in [-0.25, -0.2) is 8.93 Å². The van der Waals surface area contributed by atoms with Gasteiger partial charge in [0.1, 0.15) is 11.0 Å². The predicted molar refractivity (Wildman–Crippen MR) is 64.8 cm³/mol. The van der Waals surface area contributed by atoms with Gasteiger partial charge in [0.05, 0.1) is 4.90 Å². The molecule has 0 saturated carbocycles. The molecule has 1 atom stereocenters. The number of nitrogens with one attached hydrogen (secondary N) is 1. The van der Waals surface area contributed by atoms with Crippen LogP contribution < -0.4 is 10.5 Å². The molecule has 1 aromatic carbocycles. The average Bonchev–Trinajstić information content (AvgIpc) is 2.24. The molecular formula is C11H18N2OS. The number of hydrogen-bond acceptors (Lipinski definition) is 2. The zero-order valence-electron chi connectivity index (χ0n) is 9.03. The van der Waals surface area contributed by atoms with Crippen LogP contribution in [0.5, 0.6) is 0 Å². The predicted octanol–water partition coefficient (Wildman–Crippen LogP) is 2.07. The van der Waals surface area contributed by atoms with E-state index in [4.69, 9.17) is 5.73 Å². The Bertz CT molecular complexity index is 328. The second kappa shape index (κ2) is 6.58. The summed E-state index contributed by atoms with van der Waals surface area (Å²) in [5.41, 5.74) is 6.26. The topological polar surface area (TPSA) is 55.1 Å². The van der Waals surface area contributed by atoms with E-state index in [0.717, 1.165) is 17.9 Å². The summed E-state index contributed by atoms with van der Waals surface area (Å²) in [6, 6.07) is 7.16. The minimum atomic E-state index is -1.13. The van der Waals surface area contributed by atoms with Crippen molar-refractivity contribution in [1.29, 1.82) is 0 Å². The first-order valence-electron chi connectivity index (χ1n) is 5.25. The number of hydrogen-bond donors (Lipinski definition) is 2. The fourth-order valence-electron chi connectivity index (χ4n) is 1.25. The summed E-state index contributed by atoms with van der Waals surface area (Å²) in [4.78, 5) is 0.742. The smallest absolute Gasteiger partial charge is 0.124 e. The molecule has 0 aliphatic heterocycles. The number of anilines is 1. The van der Waals surface area contributed by atoms with Gasteiger partial charge in [0.15, 0.2) is 0 Å². The van der Waals surface area contributed by atoms with Crippen LogP contribution in [0, 0.1) is 0 Å². The zero-order chi connectivity index (χ0) is 11.1. The second-order valence-electron chi connectivity index (χ2n) is 3.44. The standard InChI is InChI=1S/C11H18N2OS/c1-2-3-4-8-13-15(14)11-7-5-6-10(12)9-11/h5-7,9,13H,2-4,8,12H2,1H3. The van der Waals surface area contributed by atoms with Gasteiger partial charge in [-0.1, -0.05) is 25.8 Å². The minimum Gasteiger partial charge on any atom is -0.399 e. The first-order chi connectivity index (χ1) is 7.24. The molecule has 1 rings (SSSR count). The molecule has 15 heavy (non-hydrogen) atoms.